The smallest absolute Gasteiger partial charge is 0.333 e. The van der Waals surface area contributed by atoms with Gasteiger partial charge in [-0.05, 0) is 11.1 Å². The Hall–Kier alpha value is -3.98. The summed E-state index contributed by atoms with van der Waals surface area (Å²) in [4.78, 5) is 46.0. The van der Waals surface area contributed by atoms with Crippen LogP contribution in [0.4, 0.5) is 0 Å². The van der Waals surface area contributed by atoms with Crippen molar-refractivity contribution in [3.63, 3.8) is 0 Å². The Kier molecular flexibility index (Phi) is 6.09. The van der Waals surface area contributed by atoms with Crippen LogP contribution in [0.15, 0.2) is 76.6 Å². The number of amides is 1. The van der Waals surface area contributed by atoms with Gasteiger partial charge in [0.1, 0.15) is 6.54 Å². The topological polar surface area (TPSA) is 91.4 Å². The van der Waals surface area contributed by atoms with Gasteiger partial charge in [-0.15, -0.1) is 0 Å². The molecule has 3 heterocycles. The van der Waals surface area contributed by atoms with Crippen LogP contribution in [0.5, 0.6) is 0 Å². The molecule has 0 N–H and O–H groups in total. The van der Waals surface area contributed by atoms with Gasteiger partial charge in [-0.25, -0.2) is 14.3 Å². The highest BCUT2D eigenvalue weighted by Crippen LogP contribution is 2.12. The number of fused-ring (bicyclic) bond motifs is 1. The molecule has 0 unspecified atom stereocenters. The largest absolute Gasteiger partial charge is 0.378 e. The molecule has 34 heavy (non-hydrogen) atoms. The van der Waals surface area contributed by atoms with Gasteiger partial charge in [-0.2, -0.15) is 0 Å². The van der Waals surface area contributed by atoms with Crippen molar-refractivity contribution >= 4 is 17.1 Å². The van der Waals surface area contributed by atoms with Crippen molar-refractivity contribution in [2.24, 2.45) is 0 Å². The van der Waals surface area contributed by atoms with Gasteiger partial charge < -0.3 is 14.2 Å². The summed E-state index contributed by atoms with van der Waals surface area (Å²) in [5.74, 6) is -0.276. The number of hydrogen-bond acceptors (Lipinski definition) is 5. The van der Waals surface area contributed by atoms with E-state index >= 15 is 0 Å². The number of benzene rings is 2. The van der Waals surface area contributed by atoms with Crippen LogP contribution in [-0.4, -0.2) is 55.8 Å². The van der Waals surface area contributed by atoms with Crippen molar-refractivity contribution in [2.45, 2.75) is 19.6 Å². The molecule has 1 saturated heterocycles. The molecule has 9 heteroatoms. The Balaban J connectivity index is 1.62. The van der Waals surface area contributed by atoms with Gasteiger partial charge in [0.25, 0.3) is 5.56 Å². The minimum Gasteiger partial charge on any atom is -0.378 e. The first-order valence-electron chi connectivity index (χ1n) is 11.2. The first kappa shape index (κ1) is 21.8. The molecule has 1 aliphatic heterocycles. The third-order valence-electron chi connectivity index (χ3n) is 6.02. The Labute approximate surface area is 195 Å². The fourth-order valence-corrected chi connectivity index (χ4v) is 4.23. The van der Waals surface area contributed by atoms with Crippen LogP contribution >= 0.6 is 0 Å². The lowest BCUT2D eigenvalue weighted by Gasteiger charge is -2.27. The second-order valence-corrected chi connectivity index (χ2v) is 8.27. The van der Waals surface area contributed by atoms with E-state index in [0.717, 1.165) is 15.7 Å². The van der Waals surface area contributed by atoms with Gasteiger partial charge in [0.2, 0.25) is 5.91 Å². The van der Waals surface area contributed by atoms with Crippen LogP contribution in [0.1, 0.15) is 11.1 Å². The monoisotopic (exact) mass is 459 g/mol. The van der Waals surface area contributed by atoms with E-state index in [-0.39, 0.29) is 19.0 Å². The second-order valence-electron chi connectivity index (χ2n) is 8.27. The summed E-state index contributed by atoms with van der Waals surface area (Å²) in [5.41, 5.74) is 1.44. The van der Waals surface area contributed by atoms with Crippen molar-refractivity contribution in [1.82, 2.24) is 23.6 Å². The van der Waals surface area contributed by atoms with E-state index in [2.05, 4.69) is 4.98 Å². The average Bonchev–Trinajstić information content (AvgIpc) is 3.29. The summed E-state index contributed by atoms with van der Waals surface area (Å²) in [6.45, 7) is 2.13. The zero-order valence-electron chi connectivity index (χ0n) is 18.7. The van der Waals surface area contributed by atoms with E-state index in [0.29, 0.717) is 44.0 Å². The zero-order chi connectivity index (χ0) is 23.5. The van der Waals surface area contributed by atoms with Crippen LogP contribution in [0.2, 0.25) is 0 Å². The first-order chi connectivity index (χ1) is 16.6. The maximum Gasteiger partial charge on any atom is 0.333 e. The van der Waals surface area contributed by atoms with E-state index in [1.165, 1.54) is 4.57 Å². The predicted molar refractivity (Wildman–Crippen MR) is 127 cm³/mol. The number of imidazole rings is 1. The van der Waals surface area contributed by atoms with Crippen molar-refractivity contribution in [3.8, 4) is 0 Å². The standard InChI is InChI=1S/C25H25N5O4/c31-21(27-11-13-34-14-12-27)17-30-24(32)22-23(26-18-28(22)15-19-7-3-1-4-8-19)29(25(30)33)16-20-9-5-2-6-10-20/h1-10,18H,11-17H2. The molecule has 1 fully saturated rings. The third kappa shape index (κ3) is 4.29. The lowest BCUT2D eigenvalue weighted by Crippen LogP contribution is -2.47. The van der Waals surface area contributed by atoms with Crippen LogP contribution in [0, 0.1) is 0 Å². The third-order valence-corrected chi connectivity index (χ3v) is 6.02. The van der Waals surface area contributed by atoms with Gasteiger partial charge in [-0.1, -0.05) is 60.7 Å². The Bertz CT molecular complexity index is 1420. The summed E-state index contributed by atoms with van der Waals surface area (Å²) >= 11 is 0. The fraction of sp³-hybridized carbons (Fsp3) is 0.280. The van der Waals surface area contributed by atoms with Gasteiger partial charge in [0.05, 0.1) is 26.1 Å². The van der Waals surface area contributed by atoms with E-state index in [9.17, 15) is 14.4 Å². The molecule has 0 saturated carbocycles. The number of nitrogens with zero attached hydrogens (tertiary/aromatic N) is 5. The van der Waals surface area contributed by atoms with Gasteiger partial charge in [0, 0.05) is 19.6 Å². The van der Waals surface area contributed by atoms with Gasteiger partial charge in [-0.3, -0.25) is 14.2 Å². The van der Waals surface area contributed by atoms with Crippen molar-refractivity contribution in [2.75, 3.05) is 26.3 Å². The normalized spacial score (nSPS) is 13.9. The number of morpholine rings is 1. The zero-order valence-corrected chi connectivity index (χ0v) is 18.7. The molecule has 9 nitrogen and oxygen atoms in total. The molecule has 2 aromatic carbocycles. The minimum atomic E-state index is -0.548. The molecule has 0 aliphatic carbocycles. The number of carbonyl (C=O) groups is 1. The lowest BCUT2D eigenvalue weighted by molar-refractivity contribution is -0.136. The molecular weight excluding hydrogens is 434 g/mol. The van der Waals surface area contributed by atoms with Crippen LogP contribution in [0.25, 0.3) is 11.2 Å². The summed E-state index contributed by atoms with van der Waals surface area (Å²) in [7, 11) is 0. The molecule has 5 rings (SSSR count). The number of rotatable bonds is 6. The average molecular weight is 460 g/mol. The highest BCUT2D eigenvalue weighted by atomic mass is 16.5. The Morgan fingerprint density at radius 2 is 1.47 bits per heavy atom. The number of hydrogen-bond donors (Lipinski definition) is 0. The maximum atomic E-state index is 13.5. The Morgan fingerprint density at radius 3 is 2.12 bits per heavy atom. The van der Waals surface area contributed by atoms with Crippen molar-refractivity contribution in [1.29, 1.82) is 0 Å². The molecule has 1 aliphatic rings. The first-order valence-corrected chi connectivity index (χ1v) is 11.2. The SMILES string of the molecule is O=C(Cn1c(=O)c2c(ncn2Cc2ccccc2)n(Cc2ccccc2)c1=O)N1CCOCC1. The predicted octanol–water partition coefficient (Wildman–Crippen LogP) is 1.32. The molecule has 1 amide bonds. The molecule has 4 aromatic rings. The molecule has 2 aromatic heterocycles. The highest BCUT2D eigenvalue weighted by Gasteiger charge is 2.23. The molecule has 0 spiro atoms. The minimum absolute atomic E-state index is 0.241. The molecule has 174 valence electrons. The van der Waals surface area contributed by atoms with Crippen LogP contribution in [0.3, 0.4) is 0 Å². The van der Waals surface area contributed by atoms with E-state index < -0.39 is 11.2 Å². The summed E-state index contributed by atoms with van der Waals surface area (Å²) < 4.78 is 9.56. The molecular formula is C25H25N5O4. The van der Waals surface area contributed by atoms with E-state index in [1.54, 1.807) is 15.8 Å². The van der Waals surface area contributed by atoms with Crippen molar-refractivity contribution < 1.29 is 9.53 Å². The molecule has 0 atom stereocenters. The number of ether oxygens (including phenoxy) is 1. The summed E-state index contributed by atoms with van der Waals surface area (Å²) in [6, 6.07) is 19.2. The molecule has 0 bridgehead atoms. The van der Waals surface area contributed by atoms with E-state index in [4.69, 9.17) is 4.74 Å². The lowest BCUT2D eigenvalue weighted by atomic mass is 10.2. The Morgan fingerprint density at radius 1 is 0.853 bits per heavy atom. The number of aromatic nitrogens is 4. The van der Waals surface area contributed by atoms with Crippen molar-refractivity contribution in [3.05, 3.63) is 99.0 Å². The summed E-state index contributed by atoms with van der Waals surface area (Å²) in [6.07, 6.45) is 1.58. The van der Waals surface area contributed by atoms with Crippen LogP contribution < -0.4 is 11.2 Å². The molecule has 0 radical (unpaired) electrons. The van der Waals surface area contributed by atoms with Crippen LogP contribution in [-0.2, 0) is 29.2 Å². The quantitative estimate of drug-likeness (QED) is 0.434. The van der Waals surface area contributed by atoms with E-state index in [1.807, 2.05) is 60.7 Å². The number of carbonyl (C=O) groups excluding carboxylic acids is 1. The highest BCUT2D eigenvalue weighted by molar-refractivity contribution is 5.77. The fourth-order valence-electron chi connectivity index (χ4n) is 4.23. The maximum absolute atomic E-state index is 13.5. The van der Waals surface area contributed by atoms with Gasteiger partial charge >= 0.3 is 5.69 Å². The summed E-state index contributed by atoms with van der Waals surface area (Å²) in [5, 5.41) is 0. The second kappa shape index (κ2) is 9.48. The van der Waals surface area contributed by atoms with Gasteiger partial charge in [0.15, 0.2) is 11.2 Å².